The van der Waals surface area contributed by atoms with Crippen LogP contribution in [0.15, 0.2) is 0 Å². The van der Waals surface area contributed by atoms with E-state index >= 15 is 0 Å². The lowest BCUT2D eigenvalue weighted by Gasteiger charge is -2.33. The van der Waals surface area contributed by atoms with Crippen LogP contribution >= 0.6 is 0 Å². The minimum absolute atomic E-state index is 0.620. The average molecular weight is 161 g/mol. The zero-order valence-corrected chi connectivity index (χ0v) is 7.34. The summed E-state index contributed by atoms with van der Waals surface area (Å²) in [4.78, 5) is 15.0. The van der Waals surface area contributed by atoms with Gasteiger partial charge in [-0.05, 0) is 27.7 Å². The van der Waals surface area contributed by atoms with Gasteiger partial charge in [0.25, 0.3) is 0 Å². The number of nitrogens with two attached hydrogens (primary N) is 1. The van der Waals surface area contributed by atoms with Crippen LogP contribution < -0.4 is 5.90 Å². The van der Waals surface area contributed by atoms with Gasteiger partial charge >= 0.3 is 5.97 Å². The summed E-state index contributed by atoms with van der Waals surface area (Å²) in [7, 11) is 0. The van der Waals surface area contributed by atoms with Crippen LogP contribution in [0.3, 0.4) is 0 Å². The number of carbonyl (C=O) groups is 1. The first-order valence-electron chi connectivity index (χ1n) is 3.37. The zero-order valence-electron chi connectivity index (χ0n) is 7.34. The molecule has 0 saturated heterocycles. The monoisotopic (exact) mass is 161 g/mol. The van der Waals surface area contributed by atoms with Gasteiger partial charge in [-0.3, -0.25) is 0 Å². The van der Waals surface area contributed by atoms with Crippen molar-refractivity contribution in [2.24, 2.45) is 11.3 Å². The first-order valence-corrected chi connectivity index (χ1v) is 3.37. The predicted octanol–water partition coefficient (Wildman–Crippen LogP) is 0.200. The van der Waals surface area contributed by atoms with Gasteiger partial charge in [-0.15, -0.1) is 0 Å². The molecule has 0 spiro atoms. The smallest absolute Gasteiger partial charge is 0.332 e. The molecule has 0 fully saturated rings. The Morgan fingerprint density at radius 2 is 1.73 bits per heavy atom. The third-order valence-corrected chi connectivity index (χ3v) is 2.15. The molecule has 0 aromatic rings. The highest BCUT2D eigenvalue weighted by molar-refractivity contribution is 5.76. The number of aliphatic hydroxyl groups is 1. The van der Waals surface area contributed by atoms with Crippen LogP contribution in [0.2, 0.25) is 0 Å². The van der Waals surface area contributed by atoms with Crippen molar-refractivity contribution in [2.45, 2.75) is 33.3 Å². The lowest BCUT2D eigenvalue weighted by Crippen LogP contribution is -2.46. The second-order valence-electron chi connectivity index (χ2n) is 3.59. The van der Waals surface area contributed by atoms with E-state index in [0.717, 1.165) is 0 Å². The highest BCUT2D eigenvalue weighted by atomic mass is 16.7. The maximum atomic E-state index is 11.0. The van der Waals surface area contributed by atoms with Crippen molar-refractivity contribution < 1.29 is 14.7 Å². The SMILES string of the molecule is CC(C)(O)C(C)(C)C(=O)ON. The molecule has 0 aliphatic rings. The first kappa shape index (κ1) is 10.4. The fraction of sp³-hybridized carbons (Fsp3) is 0.857. The van der Waals surface area contributed by atoms with Crippen LogP contribution in [0.4, 0.5) is 0 Å². The van der Waals surface area contributed by atoms with Crippen LogP contribution in [0.1, 0.15) is 27.7 Å². The van der Waals surface area contributed by atoms with Gasteiger partial charge in [0, 0.05) is 0 Å². The maximum absolute atomic E-state index is 11.0. The standard InChI is InChI=1S/C7H15NO3/c1-6(2,5(9)11-8)7(3,4)10/h10H,8H2,1-4H3. The molecule has 4 nitrogen and oxygen atoms in total. The summed E-state index contributed by atoms with van der Waals surface area (Å²) in [6.45, 7) is 6.21. The van der Waals surface area contributed by atoms with Gasteiger partial charge in [-0.1, -0.05) is 0 Å². The Labute approximate surface area is 66.3 Å². The lowest BCUT2D eigenvalue weighted by molar-refractivity contribution is -0.168. The number of rotatable bonds is 2. The molecule has 4 heteroatoms. The van der Waals surface area contributed by atoms with Gasteiger partial charge < -0.3 is 9.94 Å². The molecule has 0 radical (unpaired) electrons. The molecular formula is C7H15NO3. The normalized spacial score (nSPS) is 12.9. The second kappa shape index (κ2) is 2.79. The Morgan fingerprint density at radius 3 is 1.82 bits per heavy atom. The van der Waals surface area contributed by atoms with E-state index in [1.54, 1.807) is 13.8 Å². The van der Waals surface area contributed by atoms with E-state index in [-0.39, 0.29) is 0 Å². The Hall–Kier alpha value is -0.610. The highest BCUT2D eigenvalue weighted by Gasteiger charge is 2.43. The molecule has 0 saturated carbocycles. The van der Waals surface area contributed by atoms with Gasteiger partial charge in [0.2, 0.25) is 0 Å². The summed E-state index contributed by atoms with van der Waals surface area (Å²) in [5, 5.41) is 9.49. The fourth-order valence-corrected chi connectivity index (χ4v) is 0.397. The summed E-state index contributed by atoms with van der Waals surface area (Å²) in [5.74, 6) is 4.07. The number of carbonyl (C=O) groups excluding carboxylic acids is 1. The third-order valence-electron chi connectivity index (χ3n) is 2.15. The number of hydrogen-bond donors (Lipinski definition) is 2. The van der Waals surface area contributed by atoms with E-state index < -0.39 is 17.0 Å². The van der Waals surface area contributed by atoms with Gasteiger partial charge in [-0.2, -0.15) is 5.90 Å². The van der Waals surface area contributed by atoms with E-state index in [1.807, 2.05) is 0 Å². The predicted molar refractivity (Wildman–Crippen MR) is 40.4 cm³/mol. The van der Waals surface area contributed by atoms with Crippen LogP contribution in [0.5, 0.6) is 0 Å². The van der Waals surface area contributed by atoms with Crippen LogP contribution in [0, 0.1) is 5.41 Å². The Bertz CT molecular complexity index is 158. The van der Waals surface area contributed by atoms with Crippen molar-refractivity contribution in [3.05, 3.63) is 0 Å². The van der Waals surface area contributed by atoms with Crippen molar-refractivity contribution in [2.75, 3.05) is 0 Å². The molecule has 0 rings (SSSR count). The Morgan fingerprint density at radius 1 is 1.36 bits per heavy atom. The molecule has 0 aromatic carbocycles. The molecule has 0 atom stereocenters. The average Bonchev–Trinajstić information content (AvgIpc) is 1.83. The van der Waals surface area contributed by atoms with Gasteiger partial charge in [0.15, 0.2) is 0 Å². The van der Waals surface area contributed by atoms with Crippen molar-refractivity contribution >= 4 is 5.97 Å². The molecule has 0 unspecified atom stereocenters. The molecule has 0 aliphatic carbocycles. The quantitative estimate of drug-likeness (QED) is 0.567. The van der Waals surface area contributed by atoms with E-state index in [4.69, 9.17) is 5.90 Å². The van der Waals surface area contributed by atoms with Gasteiger partial charge in [0.05, 0.1) is 11.0 Å². The topological polar surface area (TPSA) is 72.5 Å². The largest absolute Gasteiger partial charge is 0.389 e. The van der Waals surface area contributed by atoms with Crippen molar-refractivity contribution in [1.82, 2.24) is 0 Å². The van der Waals surface area contributed by atoms with E-state index in [0.29, 0.717) is 0 Å². The molecule has 0 aromatic heterocycles. The Kier molecular flexibility index (Phi) is 2.64. The van der Waals surface area contributed by atoms with Crippen molar-refractivity contribution in [3.8, 4) is 0 Å². The van der Waals surface area contributed by atoms with E-state index in [2.05, 4.69) is 4.84 Å². The summed E-state index contributed by atoms with van der Waals surface area (Å²) >= 11 is 0. The van der Waals surface area contributed by atoms with Crippen LogP contribution in [-0.2, 0) is 9.63 Å². The Balaban J connectivity index is 4.59. The summed E-state index contributed by atoms with van der Waals surface area (Å²) < 4.78 is 0. The first-order chi connectivity index (χ1) is 4.73. The molecule has 0 amide bonds. The van der Waals surface area contributed by atoms with Gasteiger partial charge in [0.1, 0.15) is 0 Å². The van der Waals surface area contributed by atoms with Crippen molar-refractivity contribution in [1.29, 1.82) is 0 Å². The molecule has 0 heterocycles. The highest BCUT2D eigenvalue weighted by Crippen LogP contribution is 2.30. The van der Waals surface area contributed by atoms with Gasteiger partial charge in [-0.25, -0.2) is 4.79 Å². The number of hydrogen-bond acceptors (Lipinski definition) is 4. The van der Waals surface area contributed by atoms with E-state index in [1.165, 1.54) is 13.8 Å². The minimum atomic E-state index is -1.14. The molecule has 11 heavy (non-hydrogen) atoms. The molecular weight excluding hydrogens is 146 g/mol. The molecule has 3 N–H and O–H groups in total. The third kappa shape index (κ3) is 1.91. The van der Waals surface area contributed by atoms with Crippen molar-refractivity contribution in [3.63, 3.8) is 0 Å². The zero-order chi connectivity index (χ0) is 9.28. The molecule has 66 valence electrons. The minimum Gasteiger partial charge on any atom is -0.389 e. The molecule has 0 bridgehead atoms. The summed E-state index contributed by atoms with van der Waals surface area (Å²) in [6.07, 6.45) is 0. The summed E-state index contributed by atoms with van der Waals surface area (Å²) in [5.41, 5.74) is -2.12. The lowest BCUT2D eigenvalue weighted by atomic mass is 9.77. The van der Waals surface area contributed by atoms with E-state index in [9.17, 15) is 9.90 Å². The van der Waals surface area contributed by atoms with Crippen LogP contribution in [-0.4, -0.2) is 16.7 Å². The van der Waals surface area contributed by atoms with Crippen LogP contribution in [0.25, 0.3) is 0 Å². The molecule has 0 aliphatic heterocycles. The fourth-order valence-electron chi connectivity index (χ4n) is 0.397. The summed E-state index contributed by atoms with van der Waals surface area (Å²) in [6, 6.07) is 0. The second-order valence-corrected chi connectivity index (χ2v) is 3.59. The maximum Gasteiger partial charge on any atom is 0.332 e.